The van der Waals surface area contributed by atoms with Crippen molar-refractivity contribution in [2.24, 2.45) is 0 Å². The van der Waals surface area contributed by atoms with Crippen LogP contribution in [0.1, 0.15) is 0 Å². The molecule has 0 saturated heterocycles. The average molecular weight is 368 g/mol. The lowest BCUT2D eigenvalue weighted by molar-refractivity contribution is -0.384. The van der Waals surface area contributed by atoms with Gasteiger partial charge in [0.05, 0.1) is 21.6 Å². The standard InChI is InChI=1S/C12H8N4O4S3/c17-13(18)9-5-1-3-7-11(9)15-21-16(23-22-15)12-8-4-2-6-10(12)14(19)20/h1-8H. The van der Waals surface area contributed by atoms with Crippen LogP contribution in [0.3, 0.4) is 0 Å². The predicted octanol–water partition coefficient (Wildman–Crippen LogP) is 4.39. The zero-order valence-corrected chi connectivity index (χ0v) is 13.7. The first-order valence-electron chi connectivity index (χ1n) is 6.18. The van der Waals surface area contributed by atoms with Crippen molar-refractivity contribution in [3.8, 4) is 11.4 Å². The van der Waals surface area contributed by atoms with Gasteiger partial charge in [0.25, 0.3) is 11.4 Å². The maximum absolute atomic E-state index is 11.1. The number of rotatable bonds is 4. The molecule has 3 rings (SSSR count). The summed E-state index contributed by atoms with van der Waals surface area (Å²) in [7, 11) is 2.52. The van der Waals surface area contributed by atoms with Crippen molar-refractivity contribution in [1.82, 2.24) is 6.69 Å². The molecule has 0 unspecified atom stereocenters. The predicted molar refractivity (Wildman–Crippen MR) is 89.7 cm³/mol. The van der Waals surface area contributed by atoms with E-state index in [1.54, 1.807) is 43.1 Å². The molecule has 0 aliphatic rings. The third-order valence-electron chi connectivity index (χ3n) is 2.87. The van der Waals surface area contributed by atoms with Crippen LogP contribution in [0.2, 0.25) is 0 Å². The van der Waals surface area contributed by atoms with E-state index in [9.17, 15) is 20.2 Å². The highest BCUT2D eigenvalue weighted by atomic mass is 32.9. The van der Waals surface area contributed by atoms with Crippen LogP contribution in [0, 0.1) is 20.2 Å². The van der Waals surface area contributed by atoms with Gasteiger partial charge in [0.15, 0.2) is 0 Å². The molecule has 0 fully saturated rings. The highest BCUT2D eigenvalue weighted by Crippen LogP contribution is 2.32. The lowest BCUT2D eigenvalue weighted by atomic mass is 10.3. The number of nitrogens with zero attached hydrogens (tertiary/aromatic N) is 4. The lowest BCUT2D eigenvalue weighted by Crippen LogP contribution is -1.97. The first-order valence-corrected chi connectivity index (χ1v) is 8.97. The minimum Gasteiger partial charge on any atom is -0.258 e. The topological polar surface area (TPSA) is 96.1 Å². The molecule has 0 aliphatic carbocycles. The Hall–Kier alpha value is -2.50. The number of hydrogen-bond acceptors (Lipinski definition) is 7. The number of para-hydroxylation sites is 4. The van der Waals surface area contributed by atoms with Crippen LogP contribution in [-0.2, 0) is 0 Å². The second-order valence-electron chi connectivity index (χ2n) is 4.24. The van der Waals surface area contributed by atoms with E-state index < -0.39 is 9.85 Å². The normalized spacial score (nSPS) is 10.4. The summed E-state index contributed by atoms with van der Waals surface area (Å²) in [5.74, 6) is 0. The van der Waals surface area contributed by atoms with Gasteiger partial charge >= 0.3 is 0 Å². The van der Waals surface area contributed by atoms with Gasteiger partial charge in [-0.05, 0) is 12.1 Å². The van der Waals surface area contributed by atoms with Gasteiger partial charge in [-0.2, -0.15) is 6.69 Å². The summed E-state index contributed by atoms with van der Waals surface area (Å²) >= 11 is 1.16. The molecule has 0 amide bonds. The molecule has 0 aliphatic heterocycles. The van der Waals surface area contributed by atoms with Crippen LogP contribution in [0.5, 0.6) is 0 Å². The van der Waals surface area contributed by atoms with Crippen molar-refractivity contribution in [3.05, 3.63) is 68.8 Å². The number of nitro benzene ring substituents is 2. The quantitative estimate of drug-likeness (QED) is 0.387. The van der Waals surface area contributed by atoms with E-state index in [4.69, 9.17) is 0 Å². The molecule has 3 aromatic rings. The van der Waals surface area contributed by atoms with Gasteiger partial charge in [-0.3, -0.25) is 20.2 Å². The Balaban J connectivity index is 2.09. The summed E-state index contributed by atoms with van der Waals surface area (Å²) in [5, 5.41) is 22.2. The van der Waals surface area contributed by atoms with E-state index >= 15 is 0 Å². The summed E-state index contributed by atoms with van der Waals surface area (Å²) < 4.78 is 3.30. The number of nitro groups is 2. The van der Waals surface area contributed by atoms with Gasteiger partial charge in [0, 0.05) is 33.2 Å². The molecule has 118 valence electrons. The second-order valence-corrected chi connectivity index (χ2v) is 7.52. The van der Waals surface area contributed by atoms with Gasteiger partial charge in [-0.25, -0.2) is 0 Å². The molecule has 1 heterocycles. The van der Waals surface area contributed by atoms with Crippen molar-refractivity contribution < 1.29 is 9.85 Å². The van der Waals surface area contributed by atoms with E-state index in [-0.39, 0.29) is 11.4 Å². The Labute approximate surface area is 141 Å². The molecule has 23 heavy (non-hydrogen) atoms. The van der Waals surface area contributed by atoms with Gasteiger partial charge in [-0.15, -0.1) is 0 Å². The monoisotopic (exact) mass is 368 g/mol. The van der Waals surface area contributed by atoms with Gasteiger partial charge < -0.3 is 0 Å². The fourth-order valence-electron chi connectivity index (χ4n) is 1.87. The van der Waals surface area contributed by atoms with Crippen LogP contribution >= 0.6 is 32.8 Å². The van der Waals surface area contributed by atoms with Gasteiger partial charge in [-0.1, -0.05) is 24.3 Å². The molecule has 0 radical (unpaired) electrons. The summed E-state index contributed by atoms with van der Waals surface area (Å²) in [4.78, 5) is 21.3. The Morgan fingerprint density at radius 1 is 0.739 bits per heavy atom. The molecule has 0 atom stereocenters. The highest BCUT2D eigenvalue weighted by Gasteiger charge is 2.19. The first-order chi connectivity index (χ1) is 11.1. The molecular weight excluding hydrogens is 360 g/mol. The fourth-order valence-corrected chi connectivity index (χ4v) is 5.65. The molecule has 11 heteroatoms. The molecular formula is C12H8N4O4S3. The van der Waals surface area contributed by atoms with Crippen molar-refractivity contribution in [1.29, 1.82) is 0 Å². The van der Waals surface area contributed by atoms with Crippen LogP contribution < -0.4 is 0 Å². The highest BCUT2D eigenvalue weighted by molar-refractivity contribution is 7.68. The number of benzene rings is 2. The molecule has 0 saturated carbocycles. The van der Waals surface area contributed by atoms with Crippen LogP contribution in [0.4, 0.5) is 11.4 Å². The Morgan fingerprint density at radius 3 is 1.52 bits per heavy atom. The number of aromatic nitrogens is 2. The SMILES string of the molecule is O=[N+]([O-])c1ccccc1-n1ssn(-c2ccccc2[N+](=O)[O-])s1. The maximum atomic E-state index is 11.1. The van der Waals surface area contributed by atoms with Crippen molar-refractivity contribution in [3.63, 3.8) is 0 Å². The van der Waals surface area contributed by atoms with E-state index in [2.05, 4.69) is 0 Å². The van der Waals surface area contributed by atoms with E-state index in [0.29, 0.717) is 11.4 Å². The maximum Gasteiger partial charge on any atom is 0.295 e. The van der Waals surface area contributed by atoms with Crippen molar-refractivity contribution in [2.45, 2.75) is 0 Å². The fraction of sp³-hybridized carbons (Fsp3) is 0. The van der Waals surface area contributed by atoms with Crippen LogP contribution in [-0.4, -0.2) is 16.5 Å². The first kappa shape index (κ1) is 15.4. The summed E-state index contributed by atoms with van der Waals surface area (Å²) in [6.45, 7) is 0. The van der Waals surface area contributed by atoms with Crippen LogP contribution in [0.25, 0.3) is 11.4 Å². The minimum atomic E-state index is -0.450. The smallest absolute Gasteiger partial charge is 0.258 e. The van der Waals surface area contributed by atoms with Crippen molar-refractivity contribution in [2.75, 3.05) is 0 Å². The van der Waals surface area contributed by atoms with Gasteiger partial charge in [0.2, 0.25) is 0 Å². The second kappa shape index (κ2) is 6.32. The van der Waals surface area contributed by atoms with E-state index in [0.717, 1.165) is 11.7 Å². The molecule has 1 aromatic heterocycles. The lowest BCUT2D eigenvalue weighted by Gasteiger charge is -2.02. The largest absolute Gasteiger partial charge is 0.295 e. The Bertz CT molecular complexity index is 843. The third-order valence-corrected chi connectivity index (χ3v) is 6.80. The molecule has 0 N–H and O–H groups in total. The third kappa shape index (κ3) is 3.02. The summed E-state index contributed by atoms with van der Waals surface area (Å²) in [5.41, 5.74) is 0.831. The zero-order chi connectivity index (χ0) is 16.4. The van der Waals surface area contributed by atoms with Gasteiger partial charge in [0.1, 0.15) is 11.4 Å². The number of hydrogen-bond donors (Lipinski definition) is 0. The molecule has 0 spiro atoms. The summed E-state index contributed by atoms with van der Waals surface area (Å²) in [6.07, 6.45) is 0. The Morgan fingerprint density at radius 2 is 1.13 bits per heavy atom. The molecule has 2 aromatic carbocycles. The Kier molecular flexibility index (Phi) is 4.23. The molecule has 8 nitrogen and oxygen atoms in total. The van der Waals surface area contributed by atoms with Crippen molar-refractivity contribution >= 4 is 44.2 Å². The van der Waals surface area contributed by atoms with E-state index in [1.807, 2.05) is 0 Å². The van der Waals surface area contributed by atoms with E-state index in [1.165, 1.54) is 33.2 Å². The average Bonchev–Trinajstić information content (AvgIpc) is 3.04. The minimum absolute atomic E-state index is 0.0162. The zero-order valence-electron chi connectivity index (χ0n) is 11.3. The van der Waals surface area contributed by atoms with Crippen LogP contribution in [0.15, 0.2) is 48.5 Å². The molecule has 0 bridgehead atoms. The summed E-state index contributed by atoms with van der Waals surface area (Å²) in [6, 6.07) is 12.7.